The molecule has 37 heavy (non-hydrogen) atoms. The normalized spacial score (nSPS) is 17.1. The highest BCUT2D eigenvalue weighted by Gasteiger charge is 2.37. The molecule has 0 bridgehead atoms. The number of nitrogens with zero attached hydrogens (tertiary/aromatic N) is 2. The fraction of sp³-hybridized carbons (Fsp3) is 0.346. The summed E-state index contributed by atoms with van der Waals surface area (Å²) in [5.74, 6) is -2.07. The van der Waals surface area contributed by atoms with Gasteiger partial charge in [0.05, 0.1) is 18.0 Å². The molecule has 2 unspecified atom stereocenters. The van der Waals surface area contributed by atoms with Gasteiger partial charge in [-0.05, 0) is 49.0 Å². The number of fused-ring (bicyclic) bond motifs is 1. The summed E-state index contributed by atoms with van der Waals surface area (Å²) in [7, 11) is 1.61. The molecule has 1 aliphatic rings. The van der Waals surface area contributed by atoms with E-state index in [0.29, 0.717) is 23.7 Å². The van der Waals surface area contributed by atoms with Gasteiger partial charge in [0.15, 0.2) is 0 Å². The van der Waals surface area contributed by atoms with Crippen LogP contribution in [0.15, 0.2) is 59.5 Å². The summed E-state index contributed by atoms with van der Waals surface area (Å²) >= 11 is 7.72. The topological polar surface area (TPSA) is 128 Å². The first kappa shape index (κ1) is 30.2. The molecule has 2 aromatic rings. The maximum absolute atomic E-state index is 13.3. The summed E-state index contributed by atoms with van der Waals surface area (Å²) in [5.41, 5.74) is 1.67. The Morgan fingerprint density at radius 3 is 2.19 bits per heavy atom. The summed E-state index contributed by atoms with van der Waals surface area (Å²) < 4.78 is 5.23. The molecule has 200 valence electrons. The third kappa shape index (κ3) is 8.78. The molecule has 0 saturated heterocycles. The Bertz CT molecular complexity index is 1090. The van der Waals surface area contributed by atoms with Crippen LogP contribution >= 0.6 is 23.4 Å². The average molecular weight is 551 g/mol. The molecule has 11 heteroatoms. The number of anilines is 1. The van der Waals surface area contributed by atoms with Crippen molar-refractivity contribution in [3.05, 3.63) is 65.2 Å². The van der Waals surface area contributed by atoms with E-state index >= 15 is 0 Å². The lowest BCUT2D eigenvalue weighted by molar-refractivity contribution is -0.134. The number of carboxylic acid groups (broad SMARTS) is 2. The monoisotopic (exact) mass is 550 g/mol. The van der Waals surface area contributed by atoms with E-state index in [2.05, 4.69) is 18.7 Å². The second-order valence-corrected chi connectivity index (χ2v) is 9.51. The number of amides is 1. The number of likely N-dealkylation sites (N-methyl/N-ethyl adjacent to an activating group) is 1. The van der Waals surface area contributed by atoms with Gasteiger partial charge in [0.25, 0.3) is 5.91 Å². The van der Waals surface area contributed by atoms with Gasteiger partial charge in [0, 0.05) is 35.2 Å². The quantitative estimate of drug-likeness (QED) is 0.398. The van der Waals surface area contributed by atoms with Gasteiger partial charge < -0.3 is 29.9 Å². The summed E-state index contributed by atoms with van der Waals surface area (Å²) in [5, 5.41) is 26.8. The predicted octanol–water partition coefficient (Wildman–Crippen LogP) is 3.94. The van der Waals surface area contributed by atoms with Crippen molar-refractivity contribution in [1.29, 1.82) is 0 Å². The first-order valence-electron chi connectivity index (χ1n) is 11.6. The number of rotatable bonds is 9. The summed E-state index contributed by atoms with van der Waals surface area (Å²) in [4.78, 5) is 37.2. The van der Waals surface area contributed by atoms with E-state index in [0.717, 1.165) is 41.5 Å². The first-order valence-corrected chi connectivity index (χ1v) is 12.8. The molecule has 0 spiro atoms. The van der Waals surface area contributed by atoms with Crippen molar-refractivity contribution >= 4 is 46.9 Å². The van der Waals surface area contributed by atoms with E-state index in [1.54, 1.807) is 18.1 Å². The average Bonchev–Trinajstić information content (AvgIpc) is 2.98. The van der Waals surface area contributed by atoms with Gasteiger partial charge in [-0.1, -0.05) is 37.6 Å². The van der Waals surface area contributed by atoms with E-state index < -0.39 is 23.3 Å². The van der Waals surface area contributed by atoms with Crippen LogP contribution in [0.4, 0.5) is 5.69 Å². The number of hydrogen-bond donors (Lipinski definition) is 3. The van der Waals surface area contributed by atoms with E-state index in [9.17, 15) is 19.5 Å². The van der Waals surface area contributed by atoms with Crippen molar-refractivity contribution in [2.75, 3.05) is 38.2 Å². The molecule has 0 saturated carbocycles. The predicted molar refractivity (Wildman–Crippen MR) is 144 cm³/mol. The molecule has 1 aliphatic heterocycles. The maximum atomic E-state index is 13.3. The molecule has 0 aromatic heterocycles. The minimum Gasteiger partial charge on any atom is -0.497 e. The van der Waals surface area contributed by atoms with Gasteiger partial charge in [-0.3, -0.25) is 4.79 Å². The molecule has 3 rings (SSSR count). The Morgan fingerprint density at radius 1 is 1.08 bits per heavy atom. The number of ether oxygens (including phenoxy) is 1. The number of halogens is 1. The van der Waals surface area contributed by atoms with Crippen LogP contribution in [0.25, 0.3) is 0 Å². The van der Waals surface area contributed by atoms with Gasteiger partial charge >= 0.3 is 11.9 Å². The molecule has 1 amide bonds. The van der Waals surface area contributed by atoms with Crippen molar-refractivity contribution in [2.45, 2.75) is 30.1 Å². The van der Waals surface area contributed by atoms with E-state index in [4.69, 9.17) is 26.6 Å². The highest BCUT2D eigenvalue weighted by Crippen LogP contribution is 2.46. The Labute approximate surface area is 225 Å². The number of aliphatic hydroxyl groups is 1. The van der Waals surface area contributed by atoms with E-state index in [1.165, 1.54) is 11.8 Å². The van der Waals surface area contributed by atoms with E-state index in [-0.39, 0.29) is 5.91 Å². The molecule has 0 radical (unpaired) electrons. The van der Waals surface area contributed by atoms with Crippen LogP contribution in [0.5, 0.6) is 5.75 Å². The highest BCUT2D eigenvalue weighted by molar-refractivity contribution is 7.99. The van der Waals surface area contributed by atoms with Crippen LogP contribution < -0.4 is 9.64 Å². The zero-order chi connectivity index (χ0) is 27.5. The number of aliphatic hydroxyl groups excluding tert-OH is 1. The number of methoxy groups -OCH3 is 1. The van der Waals surface area contributed by atoms with Crippen LogP contribution in [-0.2, 0) is 14.4 Å². The summed E-state index contributed by atoms with van der Waals surface area (Å²) in [6, 6.07) is 13.0. The number of carbonyl (C=O) groups excluding carboxylic acids is 1. The van der Waals surface area contributed by atoms with Crippen LogP contribution in [0.3, 0.4) is 0 Å². The lowest BCUT2D eigenvalue weighted by atomic mass is 10.1. The highest BCUT2D eigenvalue weighted by atomic mass is 35.5. The summed E-state index contributed by atoms with van der Waals surface area (Å²) in [6.07, 6.45) is -0.0405. The van der Waals surface area contributed by atoms with Gasteiger partial charge in [-0.25, -0.2) is 9.59 Å². The zero-order valence-electron chi connectivity index (χ0n) is 20.8. The zero-order valence-corrected chi connectivity index (χ0v) is 22.4. The number of benzene rings is 2. The maximum Gasteiger partial charge on any atom is 0.328 e. The molecule has 2 atom stereocenters. The minimum atomic E-state index is -1.26. The number of carboxylic acids is 2. The van der Waals surface area contributed by atoms with Crippen LogP contribution in [0.1, 0.15) is 24.7 Å². The number of thioether (sulfide) groups is 1. The third-order valence-corrected chi connectivity index (χ3v) is 7.22. The van der Waals surface area contributed by atoms with Gasteiger partial charge in [0.1, 0.15) is 11.9 Å². The number of hydrogen-bond acceptors (Lipinski definition) is 7. The van der Waals surface area contributed by atoms with Crippen molar-refractivity contribution < 1.29 is 34.4 Å². The standard InChI is InChI=1S/C22H27ClN2O3S.C4H4O4/c1-4-24(5-2)12-13-25-18-11-8-16(23)14-19(18)29-21(20(26)22(25)27)15-6-9-17(28-3)10-7-15;5-3(6)1-2-4(7)8/h6-11,14,20-21,26H,4-5,12-13H2,1-3H3;1-2H,(H,5,6)(H,7,8). The van der Waals surface area contributed by atoms with Crippen molar-refractivity contribution in [3.8, 4) is 5.75 Å². The number of aliphatic carboxylic acids is 2. The van der Waals surface area contributed by atoms with Crippen LogP contribution in [-0.4, -0.2) is 77.5 Å². The molecule has 0 fully saturated rings. The Balaban J connectivity index is 0.000000521. The SMILES string of the molecule is CCN(CC)CCN1C(=O)C(O)C(c2ccc(OC)cc2)Sc2cc(Cl)ccc21.O=C(O)C=CC(=O)O. The molecule has 3 N–H and O–H groups in total. The Kier molecular flexibility index (Phi) is 11.9. The largest absolute Gasteiger partial charge is 0.497 e. The Hall–Kier alpha value is -3.05. The lowest BCUT2D eigenvalue weighted by Crippen LogP contribution is -2.44. The Morgan fingerprint density at radius 2 is 1.68 bits per heavy atom. The van der Waals surface area contributed by atoms with Crippen molar-refractivity contribution in [1.82, 2.24) is 4.90 Å². The molecule has 2 aromatic carbocycles. The van der Waals surface area contributed by atoms with Gasteiger partial charge in [-0.2, -0.15) is 0 Å². The van der Waals surface area contributed by atoms with Gasteiger partial charge in [0.2, 0.25) is 0 Å². The molecule has 9 nitrogen and oxygen atoms in total. The van der Waals surface area contributed by atoms with E-state index in [1.807, 2.05) is 36.4 Å². The molecule has 0 aliphatic carbocycles. The van der Waals surface area contributed by atoms with Crippen LogP contribution in [0, 0.1) is 0 Å². The molecular weight excluding hydrogens is 520 g/mol. The van der Waals surface area contributed by atoms with Crippen molar-refractivity contribution in [2.24, 2.45) is 0 Å². The second-order valence-electron chi connectivity index (χ2n) is 7.90. The first-order chi connectivity index (χ1) is 17.6. The number of carbonyl (C=O) groups is 3. The van der Waals surface area contributed by atoms with Crippen LogP contribution in [0.2, 0.25) is 5.02 Å². The fourth-order valence-corrected chi connectivity index (χ4v) is 5.16. The third-order valence-electron chi connectivity index (χ3n) is 5.62. The lowest BCUT2D eigenvalue weighted by Gasteiger charge is -2.28. The smallest absolute Gasteiger partial charge is 0.328 e. The molecular formula is C26H31ClN2O7S. The van der Waals surface area contributed by atoms with Crippen molar-refractivity contribution in [3.63, 3.8) is 0 Å². The second kappa shape index (κ2) is 14.6. The summed E-state index contributed by atoms with van der Waals surface area (Å²) in [6.45, 7) is 7.29. The molecule has 1 heterocycles. The fourth-order valence-electron chi connectivity index (χ4n) is 3.61. The van der Waals surface area contributed by atoms with Gasteiger partial charge in [-0.15, -0.1) is 11.8 Å². The minimum absolute atomic E-state index is 0.286.